The molecule has 2 unspecified atom stereocenters. The molecule has 1 saturated heterocycles. The fourth-order valence-electron chi connectivity index (χ4n) is 4.82. The van der Waals surface area contributed by atoms with E-state index in [1.54, 1.807) is 0 Å². The highest BCUT2D eigenvalue weighted by Gasteiger charge is 2.54. The highest BCUT2D eigenvalue weighted by atomic mass is 35.5. The normalized spacial score (nSPS) is 21.5. The predicted octanol–water partition coefficient (Wildman–Crippen LogP) is 3.49. The molecule has 1 aromatic carbocycles. The Morgan fingerprint density at radius 3 is 2.85 bits per heavy atom. The maximum Gasteiger partial charge on any atom is 0.224 e. The lowest BCUT2D eigenvalue weighted by Gasteiger charge is -2.21. The smallest absolute Gasteiger partial charge is 0.224 e. The van der Waals surface area contributed by atoms with Gasteiger partial charge >= 0.3 is 0 Å². The minimum absolute atomic E-state index is 0.298. The standard InChI is InChI=1S/C24H21ClN6OS/c1-3-12-7-13-5-6-14(8-18(13)31(32)9-12)33-24-28-22-19(20(25)17(4-2)27-22)23(29-24)30-10-15-16(11-30)21(15)26/h1,5-9,15-16,21H,4,10-11,26H2,2H3,(H,27,28,29). The molecular formula is C24H21ClN6OS. The summed E-state index contributed by atoms with van der Waals surface area (Å²) < 4.78 is 0.808. The van der Waals surface area contributed by atoms with Crippen LogP contribution in [0.4, 0.5) is 5.82 Å². The molecule has 2 fully saturated rings. The molecule has 0 amide bonds. The second-order valence-corrected chi connectivity index (χ2v) is 10.1. The van der Waals surface area contributed by atoms with Crippen molar-refractivity contribution in [1.82, 2.24) is 15.0 Å². The third kappa shape index (κ3) is 3.31. The van der Waals surface area contributed by atoms with E-state index in [1.807, 2.05) is 24.3 Å². The molecule has 4 aromatic rings. The number of nitrogens with two attached hydrogens (primary N) is 1. The Kier molecular flexibility index (Phi) is 4.70. The first kappa shape index (κ1) is 20.6. The van der Waals surface area contributed by atoms with Gasteiger partial charge in [0, 0.05) is 41.2 Å². The van der Waals surface area contributed by atoms with E-state index in [9.17, 15) is 5.21 Å². The third-order valence-electron chi connectivity index (χ3n) is 6.72. The molecule has 2 atom stereocenters. The first-order chi connectivity index (χ1) is 16.0. The van der Waals surface area contributed by atoms with Gasteiger partial charge in [0.1, 0.15) is 11.5 Å². The summed E-state index contributed by atoms with van der Waals surface area (Å²) in [5, 5.41) is 15.4. The zero-order valence-electron chi connectivity index (χ0n) is 17.9. The molecule has 0 radical (unpaired) electrons. The Morgan fingerprint density at radius 1 is 1.33 bits per heavy atom. The number of aromatic nitrogens is 4. The Balaban J connectivity index is 1.41. The summed E-state index contributed by atoms with van der Waals surface area (Å²) in [4.78, 5) is 16.2. The summed E-state index contributed by atoms with van der Waals surface area (Å²) in [7, 11) is 0. The zero-order chi connectivity index (χ0) is 22.9. The third-order valence-corrected chi connectivity index (χ3v) is 7.99. The van der Waals surface area contributed by atoms with Crippen molar-refractivity contribution >= 4 is 51.1 Å². The van der Waals surface area contributed by atoms with Gasteiger partial charge in [-0.1, -0.05) is 24.4 Å². The van der Waals surface area contributed by atoms with Crippen molar-refractivity contribution < 1.29 is 4.73 Å². The van der Waals surface area contributed by atoms with Gasteiger partial charge in [0.15, 0.2) is 11.4 Å². The lowest BCUT2D eigenvalue weighted by Crippen LogP contribution is -2.29. The van der Waals surface area contributed by atoms with Gasteiger partial charge in [0.25, 0.3) is 0 Å². The van der Waals surface area contributed by atoms with Gasteiger partial charge in [0.05, 0.1) is 16.0 Å². The number of piperidine rings is 1. The van der Waals surface area contributed by atoms with Crippen LogP contribution in [0.25, 0.3) is 21.9 Å². The Hall–Kier alpha value is -2.99. The van der Waals surface area contributed by atoms with Gasteiger partial charge < -0.3 is 20.8 Å². The maximum absolute atomic E-state index is 12.4. The molecule has 1 aliphatic carbocycles. The second kappa shape index (κ2) is 7.52. The first-order valence-corrected chi connectivity index (χ1v) is 12.1. The van der Waals surface area contributed by atoms with Crippen LogP contribution in [0, 0.1) is 29.4 Å². The molecule has 2 aliphatic rings. The number of terminal acetylenes is 1. The number of anilines is 1. The molecule has 0 spiro atoms. The quantitative estimate of drug-likeness (QED) is 0.202. The maximum atomic E-state index is 12.4. The Bertz CT molecular complexity index is 1470. The molecule has 9 heteroatoms. The van der Waals surface area contributed by atoms with Gasteiger partial charge in [-0.15, -0.1) is 6.42 Å². The largest absolute Gasteiger partial charge is 0.618 e. The summed E-state index contributed by atoms with van der Waals surface area (Å²) in [5.41, 5.74) is 8.93. The van der Waals surface area contributed by atoms with Crippen LogP contribution in [-0.2, 0) is 6.42 Å². The predicted molar refractivity (Wildman–Crippen MR) is 130 cm³/mol. The fraction of sp³-hybridized carbons (Fsp3) is 0.292. The molecular weight excluding hydrogens is 456 g/mol. The Morgan fingerprint density at radius 2 is 2.12 bits per heavy atom. The number of aromatic amines is 1. The van der Waals surface area contributed by atoms with Crippen molar-refractivity contribution in [1.29, 1.82) is 0 Å². The molecule has 1 aliphatic heterocycles. The number of hydrogen-bond acceptors (Lipinski definition) is 6. The van der Waals surface area contributed by atoms with Crippen molar-refractivity contribution in [3.63, 3.8) is 0 Å². The minimum Gasteiger partial charge on any atom is -0.618 e. The summed E-state index contributed by atoms with van der Waals surface area (Å²) in [5.74, 6) is 4.41. The van der Waals surface area contributed by atoms with Gasteiger partial charge in [-0.3, -0.25) is 0 Å². The molecule has 6 rings (SSSR count). The number of rotatable bonds is 4. The van der Waals surface area contributed by atoms with Gasteiger partial charge in [-0.2, -0.15) is 4.73 Å². The first-order valence-electron chi connectivity index (χ1n) is 10.9. The van der Waals surface area contributed by atoms with Crippen molar-refractivity contribution in [2.24, 2.45) is 17.6 Å². The lowest BCUT2D eigenvalue weighted by molar-refractivity contribution is -0.577. The zero-order valence-corrected chi connectivity index (χ0v) is 19.5. The van der Waals surface area contributed by atoms with Gasteiger partial charge in [0.2, 0.25) is 5.52 Å². The highest BCUT2D eigenvalue weighted by Crippen LogP contribution is 2.47. The van der Waals surface area contributed by atoms with Crippen LogP contribution < -0.4 is 15.4 Å². The molecule has 7 nitrogen and oxygen atoms in total. The van der Waals surface area contributed by atoms with E-state index in [4.69, 9.17) is 33.7 Å². The summed E-state index contributed by atoms with van der Waals surface area (Å²) in [6.07, 6.45) is 7.64. The summed E-state index contributed by atoms with van der Waals surface area (Å²) in [6, 6.07) is 7.80. The van der Waals surface area contributed by atoms with Crippen LogP contribution in [0.3, 0.4) is 0 Å². The fourth-order valence-corrected chi connectivity index (χ4v) is 5.96. The van der Waals surface area contributed by atoms with Crippen LogP contribution in [0.1, 0.15) is 18.2 Å². The number of nitrogens with one attached hydrogen (secondary N) is 1. The monoisotopic (exact) mass is 476 g/mol. The SMILES string of the molecule is C#Cc1cc2ccc(Sc3nc(N4CC5C(N)C5C4)c4c(Cl)c(CC)[nH]c4n3)cc2[n+]([O-])c1. The van der Waals surface area contributed by atoms with Crippen LogP contribution in [0.15, 0.2) is 40.5 Å². The highest BCUT2D eigenvalue weighted by molar-refractivity contribution is 7.99. The van der Waals surface area contributed by atoms with Crippen molar-refractivity contribution in [2.75, 3.05) is 18.0 Å². The molecule has 3 N–H and O–H groups in total. The van der Waals surface area contributed by atoms with E-state index in [0.717, 1.165) is 57.1 Å². The number of H-pyrrole nitrogens is 1. The van der Waals surface area contributed by atoms with Crippen molar-refractivity contribution in [3.8, 4) is 12.3 Å². The van der Waals surface area contributed by atoms with Crippen LogP contribution >= 0.6 is 23.4 Å². The number of nitrogens with zero attached hydrogens (tertiary/aromatic N) is 4. The van der Waals surface area contributed by atoms with E-state index in [1.165, 1.54) is 18.0 Å². The van der Waals surface area contributed by atoms with Crippen LogP contribution in [0.2, 0.25) is 5.02 Å². The van der Waals surface area contributed by atoms with Crippen molar-refractivity contribution in [2.45, 2.75) is 29.4 Å². The topological polar surface area (TPSA) is 97.8 Å². The van der Waals surface area contributed by atoms with E-state index in [-0.39, 0.29) is 0 Å². The van der Waals surface area contributed by atoms with Crippen LogP contribution in [0.5, 0.6) is 0 Å². The average Bonchev–Trinajstić information content (AvgIpc) is 3.15. The van der Waals surface area contributed by atoms with E-state index in [2.05, 4.69) is 22.7 Å². The van der Waals surface area contributed by atoms with E-state index in [0.29, 0.717) is 39.1 Å². The van der Waals surface area contributed by atoms with Crippen molar-refractivity contribution in [3.05, 3.63) is 51.9 Å². The van der Waals surface area contributed by atoms with Gasteiger partial charge in [-0.25, -0.2) is 9.97 Å². The number of benzene rings is 1. The summed E-state index contributed by atoms with van der Waals surface area (Å²) in [6.45, 7) is 3.83. The molecule has 0 bridgehead atoms. The number of hydrogen-bond donors (Lipinski definition) is 2. The molecule has 166 valence electrons. The molecule has 3 aromatic heterocycles. The average molecular weight is 477 g/mol. The minimum atomic E-state index is 0.298. The van der Waals surface area contributed by atoms with Gasteiger partial charge in [-0.05, 0) is 48.2 Å². The number of fused-ring (bicyclic) bond motifs is 3. The Labute approximate surface area is 199 Å². The van der Waals surface area contributed by atoms with Crippen LogP contribution in [-0.4, -0.2) is 34.1 Å². The second-order valence-electron chi connectivity index (χ2n) is 8.66. The van der Waals surface area contributed by atoms with E-state index < -0.39 is 0 Å². The molecule has 4 heterocycles. The number of halogens is 1. The lowest BCUT2D eigenvalue weighted by atomic mass is 10.2. The molecule has 1 saturated carbocycles. The molecule has 33 heavy (non-hydrogen) atoms. The van der Waals surface area contributed by atoms with E-state index >= 15 is 0 Å². The number of aryl methyl sites for hydroxylation is 1. The summed E-state index contributed by atoms with van der Waals surface area (Å²) >= 11 is 8.13. The number of pyridine rings is 1.